The minimum atomic E-state index is -0.0693. The fraction of sp³-hybridized carbons (Fsp3) is 0.467. The summed E-state index contributed by atoms with van der Waals surface area (Å²) in [4.78, 5) is 23.2. The highest BCUT2D eigenvalue weighted by Crippen LogP contribution is 2.25. The molecule has 122 valence electrons. The fourth-order valence-corrected chi connectivity index (χ4v) is 3.33. The number of hydrogen-bond donors (Lipinski definition) is 1. The van der Waals surface area contributed by atoms with Crippen molar-refractivity contribution in [3.63, 3.8) is 0 Å². The minimum Gasteiger partial charge on any atom is -0.337 e. The van der Waals surface area contributed by atoms with Gasteiger partial charge in [-0.3, -0.25) is 9.36 Å². The second-order valence-electron chi connectivity index (χ2n) is 5.64. The number of aryl methyl sites for hydroxylation is 2. The highest BCUT2D eigenvalue weighted by atomic mass is 32.1. The van der Waals surface area contributed by atoms with E-state index in [1.54, 1.807) is 6.33 Å². The Balaban J connectivity index is 1.89. The molecule has 0 bridgehead atoms. The number of aromatic nitrogens is 4. The van der Waals surface area contributed by atoms with Gasteiger partial charge in [0.05, 0.1) is 11.7 Å². The van der Waals surface area contributed by atoms with Crippen molar-refractivity contribution in [2.75, 3.05) is 7.05 Å². The number of hydrogen-bond acceptors (Lipinski definition) is 7. The van der Waals surface area contributed by atoms with Crippen molar-refractivity contribution in [3.8, 4) is 0 Å². The van der Waals surface area contributed by atoms with Gasteiger partial charge in [-0.05, 0) is 33.4 Å². The summed E-state index contributed by atoms with van der Waals surface area (Å²) < 4.78 is 6.76. The van der Waals surface area contributed by atoms with Crippen LogP contribution in [0.1, 0.15) is 29.1 Å². The average Bonchev–Trinajstić information content (AvgIpc) is 3.07. The molecule has 3 rings (SSSR count). The lowest BCUT2D eigenvalue weighted by atomic mass is 10.2. The third-order valence-electron chi connectivity index (χ3n) is 3.95. The third kappa shape index (κ3) is 3.04. The molecule has 0 saturated heterocycles. The van der Waals surface area contributed by atoms with E-state index in [9.17, 15) is 4.79 Å². The fourth-order valence-electron chi connectivity index (χ4n) is 2.34. The predicted octanol–water partition coefficient (Wildman–Crippen LogP) is 1.66. The van der Waals surface area contributed by atoms with E-state index in [2.05, 4.69) is 20.4 Å². The van der Waals surface area contributed by atoms with Gasteiger partial charge in [0.2, 0.25) is 5.89 Å². The highest BCUT2D eigenvalue weighted by molar-refractivity contribution is 7.18. The number of rotatable bonds is 5. The largest absolute Gasteiger partial charge is 0.337 e. The molecule has 0 amide bonds. The Kier molecular flexibility index (Phi) is 4.27. The second kappa shape index (κ2) is 6.21. The summed E-state index contributed by atoms with van der Waals surface area (Å²) in [6, 6.07) is 0.262. The van der Waals surface area contributed by atoms with Crippen molar-refractivity contribution < 1.29 is 4.52 Å². The van der Waals surface area contributed by atoms with E-state index >= 15 is 0 Å². The summed E-state index contributed by atoms with van der Waals surface area (Å²) in [5, 5.41) is 7.76. The van der Waals surface area contributed by atoms with Crippen LogP contribution in [0.5, 0.6) is 0 Å². The van der Waals surface area contributed by atoms with Gasteiger partial charge in [0.15, 0.2) is 5.82 Å². The topological polar surface area (TPSA) is 85.8 Å². The molecule has 1 N–H and O–H groups in total. The molecule has 0 aliphatic carbocycles. The van der Waals surface area contributed by atoms with Crippen LogP contribution in [-0.2, 0) is 13.0 Å². The van der Waals surface area contributed by atoms with Crippen LogP contribution in [0.4, 0.5) is 0 Å². The van der Waals surface area contributed by atoms with Crippen LogP contribution >= 0.6 is 11.3 Å². The third-order valence-corrected chi connectivity index (χ3v) is 5.07. The maximum Gasteiger partial charge on any atom is 0.262 e. The smallest absolute Gasteiger partial charge is 0.262 e. The van der Waals surface area contributed by atoms with Gasteiger partial charge in [-0.2, -0.15) is 4.98 Å². The van der Waals surface area contributed by atoms with E-state index in [4.69, 9.17) is 4.52 Å². The molecule has 0 saturated carbocycles. The summed E-state index contributed by atoms with van der Waals surface area (Å²) in [5.41, 5.74) is 0.922. The first-order valence-corrected chi connectivity index (χ1v) is 8.25. The molecule has 3 aromatic rings. The van der Waals surface area contributed by atoms with Crippen molar-refractivity contribution in [1.29, 1.82) is 0 Å². The summed E-state index contributed by atoms with van der Waals surface area (Å²) in [6.45, 7) is 6.22. The maximum atomic E-state index is 12.6. The summed E-state index contributed by atoms with van der Waals surface area (Å²) in [7, 11) is 1.89. The molecule has 0 radical (unpaired) electrons. The Bertz CT molecular complexity index is 895. The van der Waals surface area contributed by atoms with Crippen LogP contribution in [0.2, 0.25) is 0 Å². The highest BCUT2D eigenvalue weighted by Gasteiger charge is 2.14. The first kappa shape index (κ1) is 15.8. The molecular weight excluding hydrogens is 314 g/mol. The number of likely N-dealkylation sites (N-methyl/N-ethyl adjacent to an activating group) is 1. The SMILES string of the molecule is CNC(C)Cc1noc(Cn2cnc3sc(C)c(C)c3c2=O)n1. The standard InChI is InChI=1S/C15H19N5O2S/c1-8(16-4)5-11-18-12(22-19-11)6-20-7-17-14-13(15(20)21)9(2)10(3)23-14/h7-8,16H,5-6H2,1-4H3. The van der Waals surface area contributed by atoms with E-state index in [1.165, 1.54) is 15.9 Å². The maximum absolute atomic E-state index is 12.6. The summed E-state index contributed by atoms with van der Waals surface area (Å²) in [6.07, 6.45) is 2.22. The van der Waals surface area contributed by atoms with E-state index in [0.29, 0.717) is 23.5 Å². The van der Waals surface area contributed by atoms with Crippen LogP contribution < -0.4 is 10.9 Å². The van der Waals surface area contributed by atoms with Gasteiger partial charge in [-0.25, -0.2) is 4.98 Å². The zero-order chi connectivity index (χ0) is 16.6. The van der Waals surface area contributed by atoms with Gasteiger partial charge >= 0.3 is 0 Å². The lowest BCUT2D eigenvalue weighted by Gasteiger charge is -2.04. The van der Waals surface area contributed by atoms with E-state index in [0.717, 1.165) is 15.3 Å². The van der Waals surface area contributed by atoms with Crippen molar-refractivity contribution in [2.24, 2.45) is 0 Å². The zero-order valence-electron chi connectivity index (χ0n) is 13.6. The van der Waals surface area contributed by atoms with Crippen molar-refractivity contribution in [2.45, 2.75) is 39.8 Å². The first-order chi connectivity index (χ1) is 11.0. The number of nitrogens with zero attached hydrogens (tertiary/aromatic N) is 4. The number of fused-ring (bicyclic) bond motifs is 1. The molecule has 23 heavy (non-hydrogen) atoms. The van der Waals surface area contributed by atoms with Gasteiger partial charge in [-0.15, -0.1) is 11.3 Å². The van der Waals surface area contributed by atoms with Gasteiger partial charge in [-0.1, -0.05) is 5.16 Å². The Morgan fingerprint density at radius 2 is 2.22 bits per heavy atom. The molecule has 0 spiro atoms. The van der Waals surface area contributed by atoms with Crippen molar-refractivity contribution >= 4 is 21.6 Å². The van der Waals surface area contributed by atoms with Crippen molar-refractivity contribution in [1.82, 2.24) is 25.0 Å². The molecule has 0 aromatic carbocycles. The summed E-state index contributed by atoms with van der Waals surface area (Å²) in [5.74, 6) is 1.04. The number of nitrogens with one attached hydrogen (secondary N) is 1. The molecule has 0 aliphatic rings. The molecule has 0 fully saturated rings. The van der Waals surface area contributed by atoms with E-state index in [1.807, 2.05) is 27.8 Å². The molecular formula is C15H19N5O2S. The second-order valence-corrected chi connectivity index (χ2v) is 6.84. The van der Waals surface area contributed by atoms with Crippen LogP contribution in [0.3, 0.4) is 0 Å². The zero-order valence-corrected chi connectivity index (χ0v) is 14.4. The summed E-state index contributed by atoms with van der Waals surface area (Å²) >= 11 is 1.54. The molecule has 8 heteroatoms. The molecule has 1 atom stereocenters. The monoisotopic (exact) mass is 333 g/mol. The van der Waals surface area contributed by atoms with Gasteiger partial charge in [0.1, 0.15) is 11.4 Å². The van der Waals surface area contributed by atoms with Crippen LogP contribution in [0, 0.1) is 13.8 Å². The first-order valence-electron chi connectivity index (χ1n) is 7.43. The van der Waals surface area contributed by atoms with Crippen LogP contribution in [-0.4, -0.2) is 32.8 Å². The van der Waals surface area contributed by atoms with Gasteiger partial charge < -0.3 is 9.84 Å². The van der Waals surface area contributed by atoms with Gasteiger partial charge in [0, 0.05) is 17.3 Å². The van der Waals surface area contributed by atoms with E-state index in [-0.39, 0.29) is 18.1 Å². The van der Waals surface area contributed by atoms with Crippen LogP contribution in [0.25, 0.3) is 10.2 Å². The predicted molar refractivity (Wildman–Crippen MR) is 89.0 cm³/mol. The lowest BCUT2D eigenvalue weighted by molar-refractivity contribution is 0.363. The Hall–Kier alpha value is -2.06. The Labute approximate surface area is 137 Å². The lowest BCUT2D eigenvalue weighted by Crippen LogP contribution is -2.24. The molecule has 0 aliphatic heterocycles. The Morgan fingerprint density at radius 1 is 1.43 bits per heavy atom. The average molecular weight is 333 g/mol. The van der Waals surface area contributed by atoms with Crippen LogP contribution in [0.15, 0.2) is 15.6 Å². The molecule has 7 nitrogen and oxygen atoms in total. The molecule has 3 heterocycles. The molecule has 1 unspecified atom stereocenters. The normalized spacial score (nSPS) is 12.9. The molecule has 3 aromatic heterocycles. The minimum absolute atomic E-state index is 0.0693. The van der Waals surface area contributed by atoms with Gasteiger partial charge in [0.25, 0.3) is 5.56 Å². The quantitative estimate of drug-likeness (QED) is 0.764. The van der Waals surface area contributed by atoms with E-state index < -0.39 is 0 Å². The number of thiophene rings is 1. The Morgan fingerprint density at radius 3 is 2.96 bits per heavy atom. The van der Waals surface area contributed by atoms with Crippen molar-refractivity contribution in [3.05, 3.63) is 38.8 Å².